The molecule has 1 heterocycles. The molecular formula is C16H23N3O4S. The third-order valence-corrected chi connectivity index (χ3v) is 4.66. The largest absolute Gasteiger partial charge is 0.492 e. The maximum Gasteiger partial charge on any atom is 0.257 e. The van der Waals surface area contributed by atoms with Gasteiger partial charge in [0.2, 0.25) is 5.91 Å². The van der Waals surface area contributed by atoms with Crippen LogP contribution in [0.3, 0.4) is 0 Å². The van der Waals surface area contributed by atoms with Gasteiger partial charge in [0.15, 0.2) is 0 Å². The first-order valence-corrected chi connectivity index (χ1v) is 9.25. The normalized spacial score (nSPS) is 15.7. The molecule has 0 saturated carbocycles. The maximum atomic E-state index is 12.2. The van der Waals surface area contributed by atoms with Crippen molar-refractivity contribution in [3.05, 3.63) is 29.2 Å². The van der Waals surface area contributed by atoms with Crippen LogP contribution in [0.25, 0.3) is 5.70 Å². The van der Waals surface area contributed by atoms with Gasteiger partial charge in [-0.15, -0.1) is 0 Å². The molecule has 0 spiro atoms. The summed E-state index contributed by atoms with van der Waals surface area (Å²) in [5.74, 6) is 0.332. The van der Waals surface area contributed by atoms with E-state index in [0.717, 1.165) is 11.8 Å². The van der Waals surface area contributed by atoms with Crippen LogP contribution in [0.15, 0.2) is 23.6 Å². The fourth-order valence-electron chi connectivity index (χ4n) is 2.24. The summed E-state index contributed by atoms with van der Waals surface area (Å²) in [4.78, 5) is 12.2. The summed E-state index contributed by atoms with van der Waals surface area (Å²) in [6.45, 7) is 6.31. The van der Waals surface area contributed by atoms with E-state index in [1.807, 2.05) is 6.92 Å². The number of sulfonamides is 1. The topological polar surface area (TPSA) is 111 Å². The van der Waals surface area contributed by atoms with Gasteiger partial charge in [-0.1, -0.05) is 13.0 Å². The maximum absolute atomic E-state index is 12.2. The molecule has 1 aliphatic rings. The predicted octanol–water partition coefficient (Wildman–Crippen LogP) is 1.63. The number of anilines is 1. The number of nitrogens with one attached hydrogen (secondary N) is 2. The Morgan fingerprint density at radius 2 is 2.08 bits per heavy atom. The average molecular weight is 353 g/mol. The molecular weight excluding hydrogens is 330 g/mol. The second-order valence-corrected chi connectivity index (χ2v) is 7.86. The van der Waals surface area contributed by atoms with Gasteiger partial charge in [0.25, 0.3) is 10.0 Å². The van der Waals surface area contributed by atoms with Gasteiger partial charge in [-0.3, -0.25) is 9.52 Å². The summed E-state index contributed by atoms with van der Waals surface area (Å²) in [6.07, 6.45) is 0.857. The Morgan fingerprint density at radius 1 is 1.38 bits per heavy atom. The molecule has 8 heteroatoms. The molecule has 1 amide bonds. The SMILES string of the molecule is CCCNC(=O)C(C)(C)COc1cccc2c1C(N)=CS(=O)(=O)N2. The Labute approximate surface area is 142 Å². The van der Waals surface area contributed by atoms with Crippen molar-refractivity contribution in [1.29, 1.82) is 0 Å². The van der Waals surface area contributed by atoms with Gasteiger partial charge in [0.1, 0.15) is 12.4 Å². The van der Waals surface area contributed by atoms with Crippen molar-refractivity contribution >= 4 is 27.3 Å². The fraction of sp³-hybridized carbons (Fsp3) is 0.438. The molecule has 0 saturated heterocycles. The lowest BCUT2D eigenvalue weighted by molar-refractivity contribution is -0.130. The summed E-state index contributed by atoms with van der Waals surface area (Å²) >= 11 is 0. The standard InChI is InChI=1S/C16H23N3O4S/c1-4-8-18-15(20)16(2,3)10-23-13-7-5-6-12-14(13)11(17)9-24(21,22)19-12/h5-7,9,19H,4,8,10,17H2,1-3H3,(H,18,20). The molecule has 0 bridgehead atoms. The Morgan fingerprint density at radius 3 is 2.75 bits per heavy atom. The zero-order valence-corrected chi connectivity index (χ0v) is 14.9. The second-order valence-electron chi connectivity index (χ2n) is 6.33. The third-order valence-electron chi connectivity index (χ3n) is 3.59. The zero-order chi connectivity index (χ0) is 18.0. The molecule has 0 aliphatic carbocycles. The molecule has 0 fully saturated rings. The molecule has 0 atom stereocenters. The third kappa shape index (κ3) is 4.00. The molecule has 2 rings (SSSR count). The summed E-state index contributed by atoms with van der Waals surface area (Å²) in [6, 6.07) is 4.97. The first-order valence-electron chi connectivity index (χ1n) is 7.71. The van der Waals surface area contributed by atoms with Gasteiger partial charge in [-0.2, -0.15) is 0 Å². The molecule has 7 nitrogen and oxygen atoms in total. The van der Waals surface area contributed by atoms with E-state index < -0.39 is 15.4 Å². The van der Waals surface area contributed by atoms with Crippen LogP contribution >= 0.6 is 0 Å². The van der Waals surface area contributed by atoms with Crippen molar-refractivity contribution in [3.63, 3.8) is 0 Å². The van der Waals surface area contributed by atoms with E-state index in [9.17, 15) is 13.2 Å². The molecule has 0 aromatic heterocycles. The molecule has 1 aliphatic heterocycles. The Kier molecular flexibility index (Phi) is 5.08. The van der Waals surface area contributed by atoms with Gasteiger partial charge in [-0.05, 0) is 32.4 Å². The molecule has 1 aromatic rings. The fourth-order valence-corrected chi connectivity index (χ4v) is 3.23. The van der Waals surface area contributed by atoms with Crippen molar-refractivity contribution in [2.24, 2.45) is 11.1 Å². The number of fused-ring (bicyclic) bond motifs is 1. The number of amides is 1. The van der Waals surface area contributed by atoms with Gasteiger partial charge in [-0.25, -0.2) is 8.42 Å². The summed E-state index contributed by atoms with van der Waals surface area (Å²) in [5.41, 5.74) is 6.09. The smallest absolute Gasteiger partial charge is 0.257 e. The summed E-state index contributed by atoms with van der Waals surface area (Å²) < 4.78 is 31.6. The summed E-state index contributed by atoms with van der Waals surface area (Å²) in [7, 11) is -3.59. The van der Waals surface area contributed by atoms with E-state index in [0.29, 0.717) is 23.5 Å². The van der Waals surface area contributed by atoms with Crippen LogP contribution in [0.4, 0.5) is 5.69 Å². The van der Waals surface area contributed by atoms with Crippen molar-refractivity contribution in [2.75, 3.05) is 17.9 Å². The van der Waals surface area contributed by atoms with Crippen molar-refractivity contribution in [2.45, 2.75) is 27.2 Å². The molecule has 4 N–H and O–H groups in total. The highest BCUT2D eigenvalue weighted by Crippen LogP contribution is 2.35. The number of nitrogens with two attached hydrogens (primary N) is 1. The number of ether oxygens (including phenoxy) is 1. The number of carbonyl (C=O) groups is 1. The van der Waals surface area contributed by atoms with Crippen LogP contribution in [-0.4, -0.2) is 27.5 Å². The van der Waals surface area contributed by atoms with Crippen LogP contribution < -0.4 is 20.5 Å². The predicted molar refractivity (Wildman–Crippen MR) is 93.7 cm³/mol. The zero-order valence-electron chi connectivity index (χ0n) is 14.0. The molecule has 132 valence electrons. The quantitative estimate of drug-likeness (QED) is 0.720. The van der Waals surface area contributed by atoms with Crippen molar-refractivity contribution in [1.82, 2.24) is 5.32 Å². The number of rotatable bonds is 6. The highest BCUT2D eigenvalue weighted by Gasteiger charge is 2.29. The molecule has 0 radical (unpaired) electrons. The number of carbonyl (C=O) groups excluding carboxylic acids is 1. The average Bonchev–Trinajstić information content (AvgIpc) is 2.48. The Balaban J connectivity index is 2.19. The van der Waals surface area contributed by atoms with Gasteiger partial charge in [0.05, 0.1) is 27.8 Å². The Bertz CT molecular complexity index is 770. The van der Waals surface area contributed by atoms with Crippen molar-refractivity contribution < 1.29 is 17.9 Å². The lowest BCUT2D eigenvalue weighted by atomic mass is 9.93. The van der Waals surface area contributed by atoms with Crippen LogP contribution in [0, 0.1) is 5.41 Å². The highest BCUT2D eigenvalue weighted by molar-refractivity contribution is 7.95. The second kappa shape index (κ2) is 6.72. The van der Waals surface area contributed by atoms with Crippen LogP contribution in [0.5, 0.6) is 5.75 Å². The van der Waals surface area contributed by atoms with E-state index in [2.05, 4.69) is 10.0 Å². The van der Waals surface area contributed by atoms with E-state index in [1.165, 1.54) is 0 Å². The van der Waals surface area contributed by atoms with Gasteiger partial charge >= 0.3 is 0 Å². The van der Waals surface area contributed by atoms with E-state index in [4.69, 9.17) is 10.5 Å². The number of hydrogen-bond donors (Lipinski definition) is 3. The minimum Gasteiger partial charge on any atom is -0.492 e. The molecule has 24 heavy (non-hydrogen) atoms. The minimum absolute atomic E-state index is 0.0987. The first-order chi connectivity index (χ1) is 11.2. The lowest BCUT2D eigenvalue weighted by Gasteiger charge is -2.26. The number of benzene rings is 1. The lowest BCUT2D eigenvalue weighted by Crippen LogP contribution is -2.41. The Hall–Kier alpha value is -2.22. The van der Waals surface area contributed by atoms with Crippen LogP contribution in [0.2, 0.25) is 0 Å². The summed E-state index contributed by atoms with van der Waals surface area (Å²) in [5, 5.41) is 3.80. The first kappa shape index (κ1) is 18.1. The van der Waals surface area contributed by atoms with E-state index in [-0.39, 0.29) is 18.2 Å². The highest BCUT2D eigenvalue weighted by atomic mass is 32.2. The van der Waals surface area contributed by atoms with E-state index >= 15 is 0 Å². The molecule has 0 unspecified atom stereocenters. The monoisotopic (exact) mass is 353 g/mol. The van der Waals surface area contributed by atoms with Crippen LogP contribution in [0.1, 0.15) is 32.8 Å². The van der Waals surface area contributed by atoms with Gasteiger partial charge in [0, 0.05) is 6.54 Å². The van der Waals surface area contributed by atoms with Crippen molar-refractivity contribution in [3.8, 4) is 5.75 Å². The number of hydrogen-bond acceptors (Lipinski definition) is 5. The van der Waals surface area contributed by atoms with E-state index in [1.54, 1.807) is 32.0 Å². The van der Waals surface area contributed by atoms with Crippen LogP contribution in [-0.2, 0) is 14.8 Å². The van der Waals surface area contributed by atoms with Gasteiger partial charge < -0.3 is 15.8 Å². The minimum atomic E-state index is -3.59. The molecule has 1 aromatic carbocycles.